The molecule has 2 fully saturated rings. The number of alkyl carbamates (subject to hydrolysis) is 1. The minimum absolute atomic E-state index is 0.0950. The van der Waals surface area contributed by atoms with Gasteiger partial charge in [-0.25, -0.2) is 4.79 Å². The lowest BCUT2D eigenvalue weighted by Crippen LogP contribution is -2.60. The number of hydrogen-bond donors (Lipinski definition) is 3. The Labute approximate surface area is 232 Å². The number of rotatable bonds is 11. The molecule has 0 aromatic carbocycles. The summed E-state index contributed by atoms with van der Waals surface area (Å²) in [5.74, 6) is -2.50. The van der Waals surface area contributed by atoms with Gasteiger partial charge in [0.1, 0.15) is 17.7 Å². The molecule has 4 amide bonds. The Hall–Kier alpha value is -3.17. The highest BCUT2D eigenvalue weighted by Gasteiger charge is 2.69. The average Bonchev–Trinajstić information content (AvgIpc) is 3.14. The lowest BCUT2D eigenvalue weighted by atomic mass is 9.85. The summed E-state index contributed by atoms with van der Waals surface area (Å²) in [5.41, 5.74) is -1.60. The van der Waals surface area contributed by atoms with E-state index in [0.717, 1.165) is 0 Å². The van der Waals surface area contributed by atoms with Crippen molar-refractivity contribution in [2.24, 2.45) is 22.7 Å². The molecule has 0 aromatic heterocycles. The third-order valence-corrected chi connectivity index (χ3v) is 7.46. The third-order valence-electron chi connectivity index (χ3n) is 7.46. The van der Waals surface area contributed by atoms with Gasteiger partial charge in [0.25, 0.3) is 5.91 Å². The molecule has 10 heteroatoms. The minimum Gasteiger partial charge on any atom is -0.444 e. The van der Waals surface area contributed by atoms with Crippen molar-refractivity contribution in [3.8, 4) is 0 Å². The molecule has 1 saturated heterocycles. The summed E-state index contributed by atoms with van der Waals surface area (Å²) < 4.78 is 5.39. The lowest BCUT2D eigenvalue weighted by molar-refractivity contribution is -0.145. The maximum absolute atomic E-state index is 13.9. The Morgan fingerprint density at radius 2 is 1.64 bits per heavy atom. The van der Waals surface area contributed by atoms with E-state index in [-0.39, 0.29) is 30.2 Å². The predicted molar refractivity (Wildman–Crippen MR) is 148 cm³/mol. The van der Waals surface area contributed by atoms with Crippen LogP contribution in [0.3, 0.4) is 0 Å². The number of Topliss-reactive ketones (excluding diaryl/α,β-unsaturated/α-hetero) is 1. The number of carbonyl (C=O) groups excluding carboxylic acids is 5. The number of ether oxygens (including phenoxy) is 1. The zero-order valence-corrected chi connectivity index (χ0v) is 24.7. The van der Waals surface area contributed by atoms with Gasteiger partial charge >= 0.3 is 6.09 Å². The SMILES string of the molecule is C=CCC[C@H](NC(=O)C1C2C(CN1C(=O)C(NC(=O)OC(C)(C)C)C(C)(C)C)C2(C)C)C(=O)C(=O)NCC=C. The third kappa shape index (κ3) is 7.70. The van der Waals surface area contributed by atoms with Crippen molar-refractivity contribution < 1.29 is 28.7 Å². The van der Waals surface area contributed by atoms with Crippen LogP contribution in [0.5, 0.6) is 0 Å². The van der Waals surface area contributed by atoms with Gasteiger partial charge in [-0.05, 0) is 56.3 Å². The van der Waals surface area contributed by atoms with Crippen LogP contribution in [0.4, 0.5) is 4.79 Å². The first kappa shape index (κ1) is 32.0. The standard InChI is InChI=1S/C29H46N4O6/c1-11-13-14-18(21(34)24(36)30-15-12-2)31-23(35)20-19-17(29(19,9)10)16-33(20)25(37)22(27(3,4)5)32-26(38)39-28(6,7)8/h11-12,17-20,22H,1-2,13-16H2,3-10H3,(H,30,36)(H,31,35)(H,32,38)/t17?,18-,19?,20?,22?/m0/s1. The summed E-state index contributed by atoms with van der Waals surface area (Å²) in [6.45, 7) is 22.4. The van der Waals surface area contributed by atoms with Gasteiger partial charge in [0.2, 0.25) is 17.6 Å². The minimum atomic E-state index is -1.07. The van der Waals surface area contributed by atoms with Crippen molar-refractivity contribution in [2.75, 3.05) is 13.1 Å². The number of likely N-dealkylation sites (tertiary alicyclic amines) is 1. The van der Waals surface area contributed by atoms with Gasteiger partial charge < -0.3 is 25.6 Å². The van der Waals surface area contributed by atoms with E-state index in [1.807, 2.05) is 34.6 Å². The van der Waals surface area contributed by atoms with Gasteiger partial charge in [0, 0.05) is 13.1 Å². The Morgan fingerprint density at radius 1 is 1.03 bits per heavy atom. The number of amides is 4. The average molecular weight is 547 g/mol. The fourth-order valence-electron chi connectivity index (χ4n) is 5.27. The van der Waals surface area contributed by atoms with Gasteiger partial charge in [-0.15, -0.1) is 13.2 Å². The molecule has 2 aliphatic rings. The Balaban J connectivity index is 2.32. The van der Waals surface area contributed by atoms with Crippen LogP contribution in [0.1, 0.15) is 68.2 Å². The van der Waals surface area contributed by atoms with Crippen LogP contribution in [0, 0.1) is 22.7 Å². The molecule has 0 aromatic rings. The monoisotopic (exact) mass is 546 g/mol. The van der Waals surface area contributed by atoms with Crippen LogP contribution in [-0.2, 0) is 23.9 Å². The number of piperidine rings is 1. The molecule has 10 nitrogen and oxygen atoms in total. The van der Waals surface area contributed by atoms with Gasteiger partial charge in [-0.2, -0.15) is 0 Å². The van der Waals surface area contributed by atoms with Crippen LogP contribution in [0.15, 0.2) is 25.3 Å². The van der Waals surface area contributed by atoms with E-state index in [2.05, 4.69) is 29.1 Å². The maximum atomic E-state index is 13.9. The molecule has 2 rings (SSSR count). The van der Waals surface area contributed by atoms with E-state index in [1.165, 1.54) is 11.0 Å². The zero-order chi connectivity index (χ0) is 29.9. The first-order valence-electron chi connectivity index (χ1n) is 13.5. The van der Waals surface area contributed by atoms with E-state index in [4.69, 9.17) is 4.74 Å². The molecule has 39 heavy (non-hydrogen) atoms. The van der Waals surface area contributed by atoms with E-state index in [1.54, 1.807) is 26.8 Å². The fourth-order valence-corrected chi connectivity index (χ4v) is 5.27. The molecule has 1 aliphatic carbocycles. The zero-order valence-electron chi connectivity index (χ0n) is 24.7. The number of hydrogen-bond acceptors (Lipinski definition) is 6. The van der Waals surface area contributed by atoms with E-state index in [0.29, 0.717) is 13.0 Å². The summed E-state index contributed by atoms with van der Waals surface area (Å²) in [5, 5.41) is 7.92. The van der Waals surface area contributed by atoms with Crippen molar-refractivity contribution in [1.82, 2.24) is 20.9 Å². The van der Waals surface area contributed by atoms with Crippen molar-refractivity contribution in [3.05, 3.63) is 25.3 Å². The predicted octanol–water partition coefficient (Wildman–Crippen LogP) is 2.73. The summed E-state index contributed by atoms with van der Waals surface area (Å²) in [6.07, 6.45) is 2.94. The summed E-state index contributed by atoms with van der Waals surface area (Å²) in [7, 11) is 0. The quantitative estimate of drug-likeness (QED) is 0.270. The molecule has 3 N–H and O–H groups in total. The molecular formula is C29H46N4O6. The topological polar surface area (TPSA) is 134 Å². The van der Waals surface area contributed by atoms with E-state index in [9.17, 15) is 24.0 Å². The molecule has 0 radical (unpaired) electrons. The molecular weight excluding hydrogens is 500 g/mol. The molecule has 4 unspecified atom stereocenters. The number of allylic oxidation sites excluding steroid dienone is 1. The number of fused-ring (bicyclic) bond motifs is 1. The number of nitrogens with one attached hydrogen (secondary N) is 3. The highest BCUT2D eigenvalue weighted by molar-refractivity contribution is 6.38. The van der Waals surface area contributed by atoms with Crippen molar-refractivity contribution in [1.29, 1.82) is 0 Å². The van der Waals surface area contributed by atoms with Crippen LogP contribution >= 0.6 is 0 Å². The van der Waals surface area contributed by atoms with Crippen molar-refractivity contribution >= 4 is 29.6 Å². The normalized spacial score (nSPS) is 23.0. The number of ketones is 1. The molecule has 1 heterocycles. The largest absolute Gasteiger partial charge is 0.444 e. The molecule has 1 saturated carbocycles. The molecule has 0 spiro atoms. The van der Waals surface area contributed by atoms with Gasteiger partial charge in [-0.3, -0.25) is 19.2 Å². The maximum Gasteiger partial charge on any atom is 0.408 e. The van der Waals surface area contributed by atoms with Crippen LogP contribution in [0.25, 0.3) is 0 Å². The first-order chi connectivity index (χ1) is 17.9. The lowest BCUT2D eigenvalue weighted by Gasteiger charge is -2.38. The molecule has 1 aliphatic heterocycles. The number of nitrogens with zero attached hydrogens (tertiary/aromatic N) is 1. The highest BCUT2D eigenvalue weighted by Crippen LogP contribution is 2.65. The Kier molecular flexibility index (Phi) is 9.79. The van der Waals surface area contributed by atoms with Crippen LogP contribution in [-0.4, -0.2) is 71.3 Å². The molecule has 218 valence electrons. The summed E-state index contributed by atoms with van der Waals surface area (Å²) in [6, 6.07) is -2.87. The second-order valence-corrected chi connectivity index (χ2v) is 13.1. The first-order valence-corrected chi connectivity index (χ1v) is 13.5. The van der Waals surface area contributed by atoms with Gasteiger partial charge in [-0.1, -0.05) is 46.8 Å². The van der Waals surface area contributed by atoms with Crippen molar-refractivity contribution in [2.45, 2.75) is 92.0 Å². The fraction of sp³-hybridized carbons (Fsp3) is 0.690. The van der Waals surface area contributed by atoms with Crippen molar-refractivity contribution in [3.63, 3.8) is 0 Å². The van der Waals surface area contributed by atoms with Gasteiger partial charge in [0.15, 0.2) is 0 Å². The molecule has 5 atom stereocenters. The van der Waals surface area contributed by atoms with Crippen LogP contribution in [0.2, 0.25) is 0 Å². The van der Waals surface area contributed by atoms with E-state index < -0.39 is 58.7 Å². The van der Waals surface area contributed by atoms with E-state index >= 15 is 0 Å². The van der Waals surface area contributed by atoms with Gasteiger partial charge in [0.05, 0.1) is 6.04 Å². The summed E-state index contributed by atoms with van der Waals surface area (Å²) in [4.78, 5) is 67.0. The summed E-state index contributed by atoms with van der Waals surface area (Å²) >= 11 is 0. The molecule has 0 bridgehead atoms. The Morgan fingerprint density at radius 3 is 2.15 bits per heavy atom. The second kappa shape index (κ2) is 11.9. The second-order valence-electron chi connectivity index (χ2n) is 13.1. The number of carbonyl (C=O) groups is 5. The Bertz CT molecular complexity index is 1010. The smallest absolute Gasteiger partial charge is 0.408 e. The van der Waals surface area contributed by atoms with Crippen LogP contribution < -0.4 is 16.0 Å². The highest BCUT2D eigenvalue weighted by atomic mass is 16.6.